The summed E-state index contributed by atoms with van der Waals surface area (Å²) >= 11 is 6.95. The van der Waals surface area contributed by atoms with Crippen molar-refractivity contribution in [1.29, 1.82) is 5.41 Å². The van der Waals surface area contributed by atoms with E-state index >= 15 is 0 Å². The summed E-state index contributed by atoms with van der Waals surface area (Å²) < 4.78 is 2.58. The lowest BCUT2D eigenvalue weighted by molar-refractivity contribution is -0.136. The van der Waals surface area contributed by atoms with E-state index in [1.165, 1.54) is 12.5 Å². The van der Waals surface area contributed by atoms with Crippen LogP contribution in [0.15, 0.2) is 60.7 Å². The van der Waals surface area contributed by atoms with E-state index in [1.807, 2.05) is 62.0 Å². The van der Waals surface area contributed by atoms with E-state index in [4.69, 9.17) is 42.4 Å². The Labute approximate surface area is 305 Å². The maximum absolute atomic E-state index is 10.2. The number of aryl methyl sites for hydroxylation is 2. The fourth-order valence-corrected chi connectivity index (χ4v) is 2.26. The number of rotatable bonds is 4. The van der Waals surface area contributed by atoms with E-state index < -0.39 is 5.97 Å². The number of alkyl halides is 3. The molecule has 0 saturated heterocycles. The normalized spacial score (nSPS) is 7.75. The quantitative estimate of drug-likeness (QED) is 0.0787. The molecule has 10 N–H and O–H groups in total. The smallest absolute Gasteiger partial charge is 0.307 e. The van der Waals surface area contributed by atoms with Crippen molar-refractivity contribution in [3.8, 4) is 0 Å². The molecule has 1 heterocycles. The third kappa shape index (κ3) is 53.1. The number of aliphatic hydroxyl groups excluding tert-OH is 4. The lowest BCUT2D eigenvalue weighted by atomic mass is 10.1. The molecule has 0 atom stereocenters. The van der Waals surface area contributed by atoms with Crippen molar-refractivity contribution < 1.29 is 30.3 Å². The van der Waals surface area contributed by atoms with Gasteiger partial charge < -0.3 is 37.0 Å². The number of nitrogens with two attached hydrogens (primary N) is 2. The molecule has 0 aliphatic heterocycles. The van der Waals surface area contributed by atoms with Gasteiger partial charge in [0.1, 0.15) is 11.6 Å². The Kier molecular flexibility index (Phi) is 63.9. The highest BCUT2D eigenvalue weighted by atomic mass is 127. The average Bonchev–Trinajstić information content (AvgIpc) is 3.30. The van der Waals surface area contributed by atoms with Crippen LogP contribution in [0.3, 0.4) is 0 Å². The van der Waals surface area contributed by atoms with E-state index in [0.29, 0.717) is 0 Å². The van der Waals surface area contributed by atoms with Crippen molar-refractivity contribution in [3.63, 3.8) is 0 Å². The van der Waals surface area contributed by atoms with E-state index in [1.54, 1.807) is 12.1 Å². The van der Waals surface area contributed by atoms with Gasteiger partial charge >= 0.3 is 5.97 Å². The van der Waals surface area contributed by atoms with Gasteiger partial charge in [-0.2, -0.15) is 5.10 Å². The highest BCUT2D eigenvalue weighted by Gasteiger charge is 2.03. The largest absolute Gasteiger partial charge is 0.481 e. The van der Waals surface area contributed by atoms with Crippen LogP contribution in [0, 0.1) is 12.3 Å². The van der Waals surface area contributed by atoms with Crippen LogP contribution in [0.4, 0.5) is 0 Å². The van der Waals surface area contributed by atoms with Crippen LogP contribution in [-0.2, 0) is 24.7 Å². The molecule has 0 bridgehead atoms. The first-order chi connectivity index (χ1) is 20.4. The summed E-state index contributed by atoms with van der Waals surface area (Å²) in [7, 11) is 5.93. The summed E-state index contributed by atoms with van der Waals surface area (Å²) in [6.45, 7) is 6.09. The Morgan fingerprint density at radius 2 is 1.18 bits per heavy atom. The number of halogens is 3. The van der Waals surface area contributed by atoms with Crippen molar-refractivity contribution in [2.24, 2.45) is 18.5 Å². The van der Waals surface area contributed by atoms with Gasteiger partial charge in [0.05, 0.1) is 12.3 Å². The molecule has 3 rings (SSSR count). The van der Waals surface area contributed by atoms with Crippen molar-refractivity contribution in [1.82, 2.24) is 14.8 Å². The highest BCUT2D eigenvalue weighted by Crippen LogP contribution is 2.16. The summed E-state index contributed by atoms with van der Waals surface area (Å²) in [6.07, 6.45) is 0.957. The van der Waals surface area contributed by atoms with Crippen LogP contribution < -0.4 is 11.5 Å². The fraction of sp³-hybridized carbons (Fsp3) is 0.448. The molecule has 15 heteroatoms. The maximum atomic E-state index is 10.2. The van der Waals surface area contributed by atoms with Crippen LogP contribution >= 0.6 is 67.8 Å². The topological polar surface area (TPSA) is 225 Å². The highest BCUT2D eigenvalue weighted by molar-refractivity contribution is 14.3. The molecule has 0 aliphatic carbocycles. The molecule has 0 amide bonds. The number of carboxylic acids is 1. The molecule has 0 saturated carbocycles. The number of benzene rings is 2. The zero-order valence-corrected chi connectivity index (χ0v) is 32.7. The molecule has 0 aliphatic rings. The molecule has 0 fully saturated rings. The van der Waals surface area contributed by atoms with Crippen molar-refractivity contribution in [2.75, 3.05) is 35.0 Å². The molecule has 44 heavy (non-hydrogen) atoms. The van der Waals surface area contributed by atoms with E-state index in [0.717, 1.165) is 58.6 Å². The van der Waals surface area contributed by atoms with Crippen LogP contribution in [0.1, 0.15) is 44.0 Å². The number of nitrogens with zero attached hydrogens (tertiary/aromatic N) is 3. The molecule has 0 radical (unpaired) electrons. The second-order valence-electron chi connectivity index (χ2n) is 6.76. The molecular weight excluding hydrogens is 909 g/mol. The maximum Gasteiger partial charge on any atom is 0.307 e. The third-order valence-corrected chi connectivity index (χ3v) is 3.36. The number of hydrogen-bond acceptors (Lipinski definition) is 9. The first-order valence-electron chi connectivity index (χ1n) is 12.3. The van der Waals surface area contributed by atoms with Gasteiger partial charge in [0, 0.05) is 41.9 Å². The minimum Gasteiger partial charge on any atom is -0.481 e. The second kappa shape index (κ2) is 48.4. The summed E-state index contributed by atoms with van der Waals surface area (Å²) in [5.41, 5.74) is 11.7. The monoisotopic (exact) mass is 964 g/mol. The Hall–Kier alpha value is -1.49. The van der Waals surface area contributed by atoms with Crippen molar-refractivity contribution in [2.45, 2.75) is 41.0 Å². The number of hydrogen-bond donors (Lipinski definition) is 8. The molecule has 258 valence electrons. The summed E-state index contributed by atoms with van der Waals surface area (Å²) in [5.74, 6) is 1.22. The Bertz CT molecular complexity index is 949. The van der Waals surface area contributed by atoms with E-state index in [9.17, 15) is 4.79 Å². The van der Waals surface area contributed by atoms with Gasteiger partial charge in [-0.1, -0.05) is 143 Å². The Morgan fingerprint density at radius 1 is 0.886 bits per heavy atom. The minimum absolute atomic E-state index is 0. The lowest BCUT2D eigenvalue weighted by Gasteiger charge is -1.99. The SMILES string of the molecule is C.CC(=N)N.CCN.CO.CO.CO.CO.Cc1nc(Cc2ccccc2)n(C)n1.IC(I)I.O=C(O)Cc1ccccc1. The van der Waals surface area contributed by atoms with Gasteiger partial charge in [-0.3, -0.25) is 14.9 Å². The zero-order valence-electron chi connectivity index (χ0n) is 26.2. The van der Waals surface area contributed by atoms with Gasteiger partial charge in [0.2, 0.25) is 0 Å². The standard InChI is InChI=1S/C11H13N3.C8H8O2.C2H6N2.C2H7N.CHI3.4CH4O.CH4/c1-9-12-11(14(2)13-9)8-10-6-4-3-5-7-10;9-8(10)6-7-4-2-1-3-5-7;1-2(3)4;1-2-3;2-1(3)4;4*1-2;/h3-7H,8H2,1-2H3;1-5H,6H2,(H,9,10);1H3,(H3,3,4);2-3H2,1H3;1H;4*2H,1H3;1H4. The van der Waals surface area contributed by atoms with Gasteiger partial charge in [-0.05, 0) is 31.5 Å². The van der Waals surface area contributed by atoms with Gasteiger partial charge in [0.15, 0.2) is 0 Å². The molecule has 12 nitrogen and oxygen atoms in total. The van der Waals surface area contributed by atoms with Crippen molar-refractivity contribution >= 4 is 79.6 Å². The first kappa shape index (κ1) is 58.1. The summed E-state index contributed by atoms with van der Waals surface area (Å²) in [6, 6.07) is 19.4. The summed E-state index contributed by atoms with van der Waals surface area (Å²) in [4.78, 5) is 14.5. The molecular formula is C29H55I3N6O6. The number of aliphatic hydroxyl groups is 4. The van der Waals surface area contributed by atoms with Gasteiger partial charge in [-0.15, -0.1) is 0 Å². The van der Waals surface area contributed by atoms with E-state index in [-0.39, 0.29) is 19.7 Å². The predicted molar refractivity (Wildman–Crippen MR) is 210 cm³/mol. The van der Waals surface area contributed by atoms with Crippen LogP contribution in [-0.4, -0.2) is 87.0 Å². The number of carbonyl (C=O) groups is 1. The predicted octanol–water partition coefficient (Wildman–Crippen LogP) is 4.58. The summed E-state index contributed by atoms with van der Waals surface area (Å²) in [5, 5.41) is 46.9. The van der Waals surface area contributed by atoms with Crippen LogP contribution in [0.5, 0.6) is 0 Å². The number of aromatic nitrogens is 3. The third-order valence-electron chi connectivity index (χ3n) is 3.36. The molecule has 0 spiro atoms. The Morgan fingerprint density at radius 3 is 1.43 bits per heavy atom. The molecule has 2 aromatic carbocycles. The second-order valence-corrected chi connectivity index (χ2v) is 17.6. The zero-order chi connectivity index (χ0) is 35.2. The minimum atomic E-state index is -0.786. The van der Waals surface area contributed by atoms with Gasteiger partial charge in [0.25, 0.3) is 0 Å². The van der Waals surface area contributed by atoms with Crippen LogP contribution in [0.25, 0.3) is 0 Å². The van der Waals surface area contributed by atoms with Crippen LogP contribution in [0.2, 0.25) is 0 Å². The fourth-order valence-electron chi connectivity index (χ4n) is 2.26. The Balaban J connectivity index is -0.0000000805. The number of aliphatic carboxylic acids is 1. The van der Waals surface area contributed by atoms with Crippen molar-refractivity contribution in [3.05, 3.63) is 83.4 Å². The van der Waals surface area contributed by atoms with E-state index in [2.05, 4.69) is 90.0 Å². The number of carboxylic acid groups (broad SMARTS) is 1. The van der Waals surface area contributed by atoms with Gasteiger partial charge in [-0.25, -0.2) is 4.98 Å². The number of amidine groups is 1. The average molecular weight is 965 g/mol. The molecule has 0 unspecified atom stereocenters. The lowest BCUT2D eigenvalue weighted by Crippen LogP contribution is -2.00. The first-order valence-corrected chi connectivity index (χ1v) is 16.0. The molecule has 3 aromatic rings. The molecule has 1 aromatic heterocycles. The number of nitrogens with one attached hydrogen (secondary N) is 1.